The molecular weight excluding hydrogens is 229 g/mol. The normalized spacial score (nSPS) is 10.7. The lowest BCUT2D eigenvalue weighted by Gasteiger charge is -2.00. The highest BCUT2D eigenvalue weighted by atomic mass is 35.5. The van der Waals surface area contributed by atoms with Gasteiger partial charge >= 0.3 is 0 Å². The molecule has 1 amide bonds. The third-order valence-electron chi connectivity index (χ3n) is 1.97. The fourth-order valence-corrected chi connectivity index (χ4v) is 1.43. The molecule has 0 aliphatic rings. The van der Waals surface area contributed by atoms with Gasteiger partial charge in [-0.3, -0.25) is 4.79 Å². The van der Waals surface area contributed by atoms with Gasteiger partial charge in [-0.25, -0.2) is 4.39 Å². The first kappa shape index (κ1) is 12.7. The van der Waals surface area contributed by atoms with Gasteiger partial charge in [-0.1, -0.05) is 29.8 Å². The lowest BCUT2D eigenvalue weighted by atomic mass is 10.2. The molecule has 0 spiro atoms. The Balaban J connectivity index is 2.53. The summed E-state index contributed by atoms with van der Waals surface area (Å²) in [5.41, 5.74) is 0.381. The van der Waals surface area contributed by atoms with Crippen molar-refractivity contribution in [2.75, 3.05) is 6.54 Å². The highest BCUT2D eigenvalue weighted by molar-refractivity contribution is 6.32. The van der Waals surface area contributed by atoms with Crippen LogP contribution in [0.2, 0.25) is 5.02 Å². The average molecular weight is 242 g/mol. The molecule has 0 fully saturated rings. The van der Waals surface area contributed by atoms with Crippen molar-refractivity contribution in [3.8, 4) is 0 Å². The van der Waals surface area contributed by atoms with E-state index in [0.717, 1.165) is 0 Å². The Hall–Kier alpha value is -1.35. The molecule has 16 heavy (non-hydrogen) atoms. The Morgan fingerprint density at radius 3 is 2.94 bits per heavy atom. The highest BCUT2D eigenvalue weighted by Crippen LogP contribution is 2.20. The van der Waals surface area contributed by atoms with Gasteiger partial charge in [-0.15, -0.1) is 0 Å². The molecule has 0 saturated carbocycles. The summed E-state index contributed by atoms with van der Waals surface area (Å²) < 4.78 is 13.3. The number of amides is 1. The smallest absolute Gasteiger partial charge is 0.216 e. The van der Waals surface area contributed by atoms with Crippen LogP contribution in [0.15, 0.2) is 24.3 Å². The number of carbonyl (C=O) groups is 1. The van der Waals surface area contributed by atoms with E-state index in [0.29, 0.717) is 23.6 Å². The third kappa shape index (κ3) is 4.03. The minimum atomic E-state index is -0.344. The summed E-state index contributed by atoms with van der Waals surface area (Å²) in [6.45, 7) is 2.00. The predicted octanol–water partition coefficient (Wildman–Crippen LogP) is 3.02. The molecule has 0 aliphatic carbocycles. The van der Waals surface area contributed by atoms with Crippen LogP contribution in [0.4, 0.5) is 4.39 Å². The minimum absolute atomic E-state index is 0.0719. The molecule has 0 bridgehead atoms. The molecule has 0 aromatic heterocycles. The molecule has 1 aromatic carbocycles. The third-order valence-corrected chi connectivity index (χ3v) is 2.30. The summed E-state index contributed by atoms with van der Waals surface area (Å²) in [7, 11) is 0. The number of halogens is 2. The van der Waals surface area contributed by atoms with E-state index < -0.39 is 0 Å². The lowest BCUT2D eigenvalue weighted by molar-refractivity contribution is -0.118. The second-order valence-electron chi connectivity index (χ2n) is 3.31. The van der Waals surface area contributed by atoms with Crippen molar-refractivity contribution in [1.82, 2.24) is 5.32 Å². The Kier molecular flexibility index (Phi) is 4.99. The summed E-state index contributed by atoms with van der Waals surface area (Å²) in [4.78, 5) is 10.6. The molecule has 0 unspecified atom stereocenters. The van der Waals surface area contributed by atoms with Crippen molar-refractivity contribution in [2.45, 2.75) is 13.3 Å². The van der Waals surface area contributed by atoms with E-state index in [9.17, 15) is 9.18 Å². The van der Waals surface area contributed by atoms with Crippen molar-refractivity contribution < 1.29 is 9.18 Å². The molecule has 1 rings (SSSR count). The highest BCUT2D eigenvalue weighted by Gasteiger charge is 2.01. The van der Waals surface area contributed by atoms with Gasteiger partial charge in [-0.2, -0.15) is 0 Å². The molecule has 0 saturated heterocycles. The Bertz CT molecular complexity index is 384. The number of rotatable bonds is 4. The van der Waals surface area contributed by atoms with Crippen LogP contribution in [-0.4, -0.2) is 12.5 Å². The van der Waals surface area contributed by atoms with E-state index in [-0.39, 0.29) is 11.7 Å². The molecule has 1 aromatic rings. The number of nitrogens with one attached hydrogen (secondary N) is 1. The molecule has 1 N–H and O–H groups in total. The maximum Gasteiger partial charge on any atom is 0.216 e. The van der Waals surface area contributed by atoms with Gasteiger partial charge in [0, 0.05) is 19.0 Å². The van der Waals surface area contributed by atoms with Gasteiger partial charge in [0.15, 0.2) is 0 Å². The van der Waals surface area contributed by atoms with Gasteiger partial charge in [-0.05, 0) is 18.6 Å². The number of carbonyl (C=O) groups excluding carboxylic acids is 1. The van der Waals surface area contributed by atoms with Crippen LogP contribution >= 0.6 is 11.6 Å². The second-order valence-corrected chi connectivity index (χ2v) is 3.72. The van der Waals surface area contributed by atoms with Gasteiger partial charge in [0.05, 0.1) is 5.02 Å². The first-order chi connectivity index (χ1) is 7.61. The van der Waals surface area contributed by atoms with Gasteiger partial charge in [0.2, 0.25) is 5.91 Å². The van der Waals surface area contributed by atoms with Crippen LogP contribution in [0.5, 0.6) is 0 Å². The first-order valence-electron chi connectivity index (χ1n) is 4.96. The van der Waals surface area contributed by atoms with Gasteiger partial charge in [0.25, 0.3) is 0 Å². The average Bonchev–Trinajstić information content (AvgIpc) is 2.21. The van der Waals surface area contributed by atoms with Gasteiger partial charge in [0.1, 0.15) is 5.82 Å². The number of hydrogen-bond acceptors (Lipinski definition) is 1. The van der Waals surface area contributed by atoms with Crippen LogP contribution in [0.25, 0.3) is 6.08 Å². The van der Waals surface area contributed by atoms with Crippen molar-refractivity contribution >= 4 is 23.6 Å². The van der Waals surface area contributed by atoms with Crippen molar-refractivity contribution in [1.29, 1.82) is 0 Å². The Labute approximate surface area is 99.1 Å². The zero-order valence-electron chi connectivity index (χ0n) is 8.97. The van der Waals surface area contributed by atoms with E-state index in [2.05, 4.69) is 5.32 Å². The maximum absolute atomic E-state index is 13.3. The largest absolute Gasteiger partial charge is 0.356 e. The number of hydrogen-bond donors (Lipinski definition) is 1. The maximum atomic E-state index is 13.3. The molecule has 2 nitrogen and oxygen atoms in total. The molecule has 0 atom stereocenters. The minimum Gasteiger partial charge on any atom is -0.356 e. The first-order valence-corrected chi connectivity index (χ1v) is 5.34. The van der Waals surface area contributed by atoms with E-state index in [1.807, 2.05) is 0 Å². The van der Waals surface area contributed by atoms with Crippen molar-refractivity contribution in [2.24, 2.45) is 0 Å². The fraction of sp³-hybridized carbons (Fsp3) is 0.250. The van der Waals surface area contributed by atoms with Crippen LogP contribution in [0.1, 0.15) is 18.9 Å². The van der Waals surface area contributed by atoms with E-state index in [1.54, 1.807) is 24.3 Å². The summed E-state index contributed by atoms with van der Waals surface area (Å²) in [6.07, 6.45) is 4.05. The summed E-state index contributed by atoms with van der Waals surface area (Å²) in [6, 6.07) is 4.56. The van der Waals surface area contributed by atoms with E-state index >= 15 is 0 Å². The predicted molar refractivity (Wildman–Crippen MR) is 63.7 cm³/mol. The molecule has 0 radical (unpaired) electrons. The number of benzene rings is 1. The molecule has 4 heteroatoms. The fourth-order valence-electron chi connectivity index (χ4n) is 1.20. The van der Waals surface area contributed by atoms with Crippen molar-refractivity contribution in [3.05, 3.63) is 40.7 Å². The molecule has 0 heterocycles. The monoisotopic (exact) mass is 241 g/mol. The van der Waals surface area contributed by atoms with Crippen LogP contribution in [0.3, 0.4) is 0 Å². The molecule has 0 aliphatic heterocycles. The topological polar surface area (TPSA) is 29.1 Å². The standard InChI is InChI=1S/C12H13ClFNO/c1-9(16)15-8-3-2-5-10-11(13)6-4-7-12(10)14/h2,4-7H,3,8H2,1H3,(H,15,16). The quantitative estimate of drug-likeness (QED) is 0.807. The summed E-state index contributed by atoms with van der Waals surface area (Å²) >= 11 is 5.83. The van der Waals surface area contributed by atoms with Crippen LogP contribution in [-0.2, 0) is 4.79 Å². The van der Waals surface area contributed by atoms with Gasteiger partial charge < -0.3 is 5.32 Å². The second kappa shape index (κ2) is 6.28. The zero-order chi connectivity index (χ0) is 12.0. The Morgan fingerprint density at radius 1 is 1.56 bits per heavy atom. The van der Waals surface area contributed by atoms with E-state index in [4.69, 9.17) is 11.6 Å². The van der Waals surface area contributed by atoms with Crippen molar-refractivity contribution in [3.63, 3.8) is 0 Å². The van der Waals surface area contributed by atoms with Crippen LogP contribution in [0, 0.1) is 5.82 Å². The molecular formula is C12H13ClFNO. The lowest BCUT2D eigenvalue weighted by Crippen LogP contribution is -2.20. The van der Waals surface area contributed by atoms with Crippen LogP contribution < -0.4 is 5.32 Å². The summed E-state index contributed by atoms with van der Waals surface area (Å²) in [5.74, 6) is -0.416. The molecule has 86 valence electrons. The zero-order valence-corrected chi connectivity index (χ0v) is 9.72. The van der Waals surface area contributed by atoms with E-state index in [1.165, 1.54) is 13.0 Å². The Morgan fingerprint density at radius 2 is 2.31 bits per heavy atom. The SMILES string of the molecule is CC(=O)NCCC=Cc1c(F)cccc1Cl. The summed E-state index contributed by atoms with van der Waals surface area (Å²) in [5, 5.41) is 3.03.